The van der Waals surface area contributed by atoms with Gasteiger partial charge in [-0.15, -0.1) is 0 Å². The van der Waals surface area contributed by atoms with Crippen molar-refractivity contribution >= 4 is 16.8 Å². The molecule has 1 aliphatic heterocycles. The van der Waals surface area contributed by atoms with Crippen molar-refractivity contribution in [3.63, 3.8) is 0 Å². The van der Waals surface area contributed by atoms with Gasteiger partial charge in [0.05, 0.1) is 19.3 Å². The smallest absolute Gasteiger partial charge is 0.220 e. The molecule has 28 heavy (non-hydrogen) atoms. The van der Waals surface area contributed by atoms with Gasteiger partial charge in [0.1, 0.15) is 0 Å². The maximum atomic E-state index is 12.7. The summed E-state index contributed by atoms with van der Waals surface area (Å²) in [7, 11) is 0. The summed E-state index contributed by atoms with van der Waals surface area (Å²) < 4.78 is 5.45. The normalized spacial score (nSPS) is 16.1. The second-order valence-electron chi connectivity index (χ2n) is 7.30. The maximum absolute atomic E-state index is 12.7. The molecule has 0 saturated carbocycles. The van der Waals surface area contributed by atoms with Crippen molar-refractivity contribution in [2.75, 3.05) is 32.8 Å². The van der Waals surface area contributed by atoms with E-state index in [4.69, 9.17) is 4.74 Å². The van der Waals surface area contributed by atoms with E-state index in [1.54, 1.807) is 0 Å². The van der Waals surface area contributed by atoms with E-state index >= 15 is 0 Å². The molecule has 0 bridgehead atoms. The minimum absolute atomic E-state index is 0.00484. The molecule has 146 valence electrons. The number of benzene rings is 2. The highest BCUT2D eigenvalue weighted by Gasteiger charge is 2.20. The molecule has 0 unspecified atom stereocenters. The molecular weight excluding hydrogens is 350 g/mol. The van der Waals surface area contributed by atoms with E-state index in [9.17, 15) is 4.79 Å². The monoisotopic (exact) mass is 377 g/mol. The summed E-state index contributed by atoms with van der Waals surface area (Å²) in [5, 5.41) is 4.46. The highest BCUT2D eigenvalue weighted by atomic mass is 16.5. The van der Waals surface area contributed by atoms with Crippen LogP contribution in [-0.4, -0.2) is 48.6 Å². The van der Waals surface area contributed by atoms with Gasteiger partial charge in [0.25, 0.3) is 0 Å². The Morgan fingerprint density at radius 3 is 2.64 bits per heavy atom. The first-order valence-electron chi connectivity index (χ1n) is 9.99. The zero-order valence-electron chi connectivity index (χ0n) is 16.1. The Hall–Kier alpha value is -2.63. The van der Waals surface area contributed by atoms with Crippen LogP contribution in [0, 0.1) is 0 Å². The predicted molar refractivity (Wildman–Crippen MR) is 111 cm³/mol. The molecule has 2 aromatic carbocycles. The summed E-state index contributed by atoms with van der Waals surface area (Å²) >= 11 is 0. The average molecular weight is 377 g/mol. The van der Waals surface area contributed by atoms with Crippen LogP contribution in [0.15, 0.2) is 60.8 Å². The Morgan fingerprint density at radius 1 is 1.07 bits per heavy atom. The number of hydrogen-bond donors (Lipinski definition) is 2. The molecule has 0 aliphatic carbocycles. The van der Waals surface area contributed by atoms with Crippen molar-refractivity contribution in [1.29, 1.82) is 0 Å². The largest absolute Gasteiger partial charge is 0.379 e. The van der Waals surface area contributed by atoms with Crippen LogP contribution in [0.2, 0.25) is 0 Å². The lowest BCUT2D eigenvalue weighted by Gasteiger charge is -2.31. The Kier molecular flexibility index (Phi) is 6.04. The highest BCUT2D eigenvalue weighted by molar-refractivity contribution is 5.84. The Morgan fingerprint density at radius 2 is 1.82 bits per heavy atom. The molecule has 2 heterocycles. The third kappa shape index (κ3) is 4.61. The quantitative estimate of drug-likeness (QED) is 0.664. The van der Waals surface area contributed by atoms with Crippen LogP contribution >= 0.6 is 0 Å². The Bertz CT molecular complexity index is 900. The van der Waals surface area contributed by atoms with Gasteiger partial charge >= 0.3 is 0 Å². The van der Waals surface area contributed by atoms with Gasteiger partial charge in [0.2, 0.25) is 5.91 Å². The summed E-state index contributed by atoms with van der Waals surface area (Å²) in [4.78, 5) is 18.4. The number of aryl methyl sites for hydroxylation is 1. The fraction of sp³-hybridized carbons (Fsp3) is 0.348. The highest BCUT2D eigenvalue weighted by Crippen LogP contribution is 2.20. The number of para-hydroxylation sites is 1. The number of hydrogen-bond acceptors (Lipinski definition) is 3. The number of nitrogens with zero attached hydrogens (tertiary/aromatic N) is 1. The number of morpholine rings is 1. The number of aromatic nitrogens is 1. The van der Waals surface area contributed by atoms with Crippen LogP contribution in [-0.2, 0) is 16.0 Å². The molecule has 1 saturated heterocycles. The van der Waals surface area contributed by atoms with Crippen LogP contribution in [0.4, 0.5) is 0 Å². The molecular formula is C23H27N3O2. The molecule has 5 nitrogen and oxygen atoms in total. The number of carbonyl (C=O) groups is 1. The lowest BCUT2D eigenvalue weighted by Crippen LogP contribution is -2.43. The van der Waals surface area contributed by atoms with Crippen LogP contribution < -0.4 is 5.32 Å². The first-order chi connectivity index (χ1) is 13.8. The van der Waals surface area contributed by atoms with E-state index in [0.29, 0.717) is 6.42 Å². The molecule has 4 rings (SSSR count). The molecule has 1 aliphatic rings. The second kappa shape index (κ2) is 9.04. The van der Waals surface area contributed by atoms with Gasteiger partial charge in [-0.1, -0.05) is 48.5 Å². The molecule has 2 N–H and O–H groups in total. The minimum Gasteiger partial charge on any atom is -0.379 e. The maximum Gasteiger partial charge on any atom is 0.220 e. The second-order valence-corrected chi connectivity index (χ2v) is 7.30. The molecule has 1 amide bonds. The fourth-order valence-corrected chi connectivity index (χ4v) is 3.81. The number of carbonyl (C=O) groups excluding carboxylic acids is 1. The number of H-pyrrole nitrogens is 1. The van der Waals surface area contributed by atoms with Gasteiger partial charge in [-0.05, 0) is 23.6 Å². The number of aromatic amines is 1. The molecule has 1 fully saturated rings. The van der Waals surface area contributed by atoms with Crippen molar-refractivity contribution < 1.29 is 9.53 Å². The standard InChI is InChI=1S/C23H27N3O2/c27-23(11-10-19-16-24-21-9-5-4-8-20(19)21)25-22(18-6-2-1-3-7-18)17-26-12-14-28-15-13-26/h1-9,16,22,24H,10-15,17H2,(H,25,27)/t22-/m0/s1. The van der Waals surface area contributed by atoms with Crippen molar-refractivity contribution in [2.45, 2.75) is 18.9 Å². The van der Waals surface area contributed by atoms with Crippen LogP contribution in [0.25, 0.3) is 10.9 Å². The van der Waals surface area contributed by atoms with Gasteiger partial charge in [-0.25, -0.2) is 0 Å². The van der Waals surface area contributed by atoms with E-state index in [2.05, 4.69) is 39.5 Å². The molecule has 3 aromatic rings. The third-order valence-electron chi connectivity index (χ3n) is 5.38. The summed E-state index contributed by atoms with van der Waals surface area (Å²) in [5.41, 5.74) is 3.46. The number of amides is 1. The zero-order valence-corrected chi connectivity index (χ0v) is 16.1. The molecule has 5 heteroatoms. The number of fused-ring (bicyclic) bond motifs is 1. The van der Waals surface area contributed by atoms with E-state index in [1.807, 2.05) is 36.5 Å². The Labute approximate surface area is 165 Å². The van der Waals surface area contributed by atoms with Gasteiger partial charge < -0.3 is 15.0 Å². The van der Waals surface area contributed by atoms with E-state index in [0.717, 1.165) is 50.3 Å². The van der Waals surface area contributed by atoms with Gasteiger partial charge in [-0.2, -0.15) is 0 Å². The topological polar surface area (TPSA) is 57.4 Å². The van der Waals surface area contributed by atoms with Crippen molar-refractivity contribution in [2.24, 2.45) is 0 Å². The zero-order chi connectivity index (χ0) is 19.2. The lowest BCUT2D eigenvalue weighted by molar-refractivity contribution is -0.122. The van der Waals surface area contributed by atoms with Crippen molar-refractivity contribution in [3.8, 4) is 0 Å². The molecule has 1 aromatic heterocycles. The fourth-order valence-electron chi connectivity index (χ4n) is 3.81. The van der Waals surface area contributed by atoms with Crippen molar-refractivity contribution in [3.05, 3.63) is 71.9 Å². The molecule has 1 atom stereocenters. The van der Waals surface area contributed by atoms with Crippen LogP contribution in [0.5, 0.6) is 0 Å². The van der Waals surface area contributed by atoms with Crippen molar-refractivity contribution in [1.82, 2.24) is 15.2 Å². The summed E-state index contributed by atoms with van der Waals surface area (Å²) in [6, 6.07) is 18.5. The van der Waals surface area contributed by atoms with Crippen LogP contribution in [0.3, 0.4) is 0 Å². The van der Waals surface area contributed by atoms with Gasteiger partial charge in [0, 0.05) is 43.2 Å². The third-order valence-corrected chi connectivity index (χ3v) is 5.38. The first-order valence-corrected chi connectivity index (χ1v) is 9.99. The average Bonchev–Trinajstić information content (AvgIpc) is 3.16. The number of nitrogens with one attached hydrogen (secondary N) is 2. The van der Waals surface area contributed by atoms with E-state index in [1.165, 1.54) is 10.9 Å². The summed E-state index contributed by atoms with van der Waals surface area (Å²) in [6.45, 7) is 4.15. The lowest BCUT2D eigenvalue weighted by atomic mass is 10.0. The minimum atomic E-state index is -0.00484. The number of rotatable bonds is 7. The van der Waals surface area contributed by atoms with Gasteiger partial charge in [0.15, 0.2) is 0 Å². The molecule has 0 radical (unpaired) electrons. The summed E-state index contributed by atoms with van der Waals surface area (Å²) in [6.07, 6.45) is 3.23. The number of ether oxygens (including phenoxy) is 1. The van der Waals surface area contributed by atoms with Gasteiger partial charge in [-0.3, -0.25) is 9.69 Å². The summed E-state index contributed by atoms with van der Waals surface area (Å²) in [5.74, 6) is 0.0902. The predicted octanol–water partition coefficient (Wildman–Crippen LogP) is 3.29. The first kappa shape index (κ1) is 18.7. The Balaban J connectivity index is 1.40. The van der Waals surface area contributed by atoms with E-state index < -0.39 is 0 Å². The SMILES string of the molecule is O=C(CCc1c[nH]c2ccccc12)N[C@@H](CN1CCOCC1)c1ccccc1. The van der Waals surface area contributed by atoms with E-state index in [-0.39, 0.29) is 11.9 Å². The molecule has 0 spiro atoms. The van der Waals surface area contributed by atoms with Crippen LogP contribution in [0.1, 0.15) is 23.6 Å².